The highest BCUT2D eigenvalue weighted by atomic mass is 16.3. The smallest absolute Gasteiger partial charge is 0.253 e. The molecule has 4 aromatic rings. The van der Waals surface area contributed by atoms with Gasteiger partial charge in [-0.25, -0.2) is 4.98 Å². The fraction of sp³-hybridized carbons (Fsp3) is 0.323. The Morgan fingerprint density at radius 3 is 2.51 bits per heavy atom. The number of hydrogen-bond acceptors (Lipinski definition) is 4. The van der Waals surface area contributed by atoms with E-state index in [1.165, 1.54) is 5.56 Å². The summed E-state index contributed by atoms with van der Waals surface area (Å²) in [6.07, 6.45) is 2.99. The molecule has 6 heteroatoms. The van der Waals surface area contributed by atoms with Gasteiger partial charge in [-0.2, -0.15) is 0 Å². The fourth-order valence-corrected chi connectivity index (χ4v) is 5.06. The van der Waals surface area contributed by atoms with Crippen molar-refractivity contribution in [2.45, 2.75) is 46.5 Å². The predicted molar refractivity (Wildman–Crippen MR) is 147 cm³/mol. The first-order chi connectivity index (χ1) is 17.9. The number of oxazole rings is 1. The van der Waals surface area contributed by atoms with E-state index in [0.29, 0.717) is 42.1 Å². The summed E-state index contributed by atoms with van der Waals surface area (Å²) < 4.78 is 5.92. The van der Waals surface area contributed by atoms with E-state index in [-0.39, 0.29) is 17.7 Å². The van der Waals surface area contributed by atoms with E-state index in [1.54, 1.807) is 0 Å². The Morgan fingerprint density at radius 2 is 1.78 bits per heavy atom. The number of anilines is 1. The van der Waals surface area contributed by atoms with E-state index in [9.17, 15) is 9.59 Å². The highest BCUT2D eigenvalue weighted by Crippen LogP contribution is 2.28. The second-order valence-electron chi connectivity index (χ2n) is 10.0. The molecule has 0 aliphatic carbocycles. The average molecular weight is 496 g/mol. The second-order valence-corrected chi connectivity index (χ2v) is 10.0. The molecule has 37 heavy (non-hydrogen) atoms. The van der Waals surface area contributed by atoms with E-state index < -0.39 is 0 Å². The van der Waals surface area contributed by atoms with Crippen LogP contribution in [0, 0.1) is 19.8 Å². The molecule has 5 rings (SSSR count). The third-order valence-corrected chi connectivity index (χ3v) is 7.31. The maximum absolute atomic E-state index is 13.2. The molecule has 0 bridgehead atoms. The largest absolute Gasteiger partial charge is 0.436 e. The van der Waals surface area contributed by atoms with Crippen LogP contribution in [0.1, 0.15) is 53.2 Å². The van der Waals surface area contributed by atoms with E-state index in [2.05, 4.69) is 23.3 Å². The molecule has 0 unspecified atom stereocenters. The van der Waals surface area contributed by atoms with Crippen LogP contribution in [0.25, 0.3) is 22.6 Å². The zero-order chi connectivity index (χ0) is 25.9. The van der Waals surface area contributed by atoms with Crippen molar-refractivity contribution in [2.75, 3.05) is 18.4 Å². The van der Waals surface area contributed by atoms with Gasteiger partial charge in [0.05, 0.1) is 0 Å². The Labute approximate surface area is 217 Å². The summed E-state index contributed by atoms with van der Waals surface area (Å²) in [4.78, 5) is 32.5. The molecule has 190 valence electrons. The highest BCUT2D eigenvalue weighted by Gasteiger charge is 2.26. The number of benzene rings is 3. The van der Waals surface area contributed by atoms with Crippen molar-refractivity contribution in [3.8, 4) is 11.5 Å². The fourth-order valence-electron chi connectivity index (χ4n) is 5.06. The molecule has 1 aliphatic rings. The van der Waals surface area contributed by atoms with Gasteiger partial charge in [0.25, 0.3) is 5.91 Å². The van der Waals surface area contributed by atoms with Crippen LogP contribution >= 0.6 is 0 Å². The lowest BCUT2D eigenvalue weighted by Crippen LogP contribution is -2.39. The lowest BCUT2D eigenvalue weighted by molar-refractivity contribution is -0.117. The Bertz CT molecular complexity index is 1430. The van der Waals surface area contributed by atoms with Gasteiger partial charge in [0, 0.05) is 36.3 Å². The number of para-hydroxylation sites is 1. The topological polar surface area (TPSA) is 75.4 Å². The maximum atomic E-state index is 13.2. The van der Waals surface area contributed by atoms with E-state index in [1.807, 2.05) is 73.3 Å². The number of carbonyl (C=O) groups excluding carboxylic acids is 2. The summed E-state index contributed by atoms with van der Waals surface area (Å²) in [7, 11) is 0. The molecular weight excluding hydrogens is 462 g/mol. The Hall–Kier alpha value is -3.93. The minimum atomic E-state index is -0.00261. The van der Waals surface area contributed by atoms with Crippen molar-refractivity contribution >= 4 is 28.6 Å². The molecule has 1 aliphatic heterocycles. The summed E-state index contributed by atoms with van der Waals surface area (Å²) in [6, 6.07) is 19.6. The molecule has 1 saturated heterocycles. The molecule has 1 fully saturated rings. The number of nitrogens with zero attached hydrogens (tertiary/aromatic N) is 2. The normalized spacial score (nSPS) is 14.2. The molecule has 3 aromatic carbocycles. The van der Waals surface area contributed by atoms with Crippen molar-refractivity contribution in [1.29, 1.82) is 0 Å². The molecule has 1 N–H and O–H groups in total. The first kappa shape index (κ1) is 24.8. The molecule has 1 aromatic heterocycles. The summed E-state index contributed by atoms with van der Waals surface area (Å²) in [5.74, 6) is 0.871. The molecule has 0 saturated carbocycles. The SMILES string of the molecule is CCc1cccc(C)c1NC(=O)CC1CCN(C(=O)c2ccc3oc(-c4ccc(C)cc4)nc3c2)CC1. The molecule has 6 nitrogen and oxygen atoms in total. The molecule has 0 spiro atoms. The van der Waals surface area contributed by atoms with Crippen LogP contribution < -0.4 is 5.32 Å². The summed E-state index contributed by atoms with van der Waals surface area (Å²) in [5.41, 5.74) is 7.22. The molecule has 0 atom stereocenters. The minimum absolute atomic E-state index is 0.00261. The van der Waals surface area contributed by atoms with Gasteiger partial charge in [0.2, 0.25) is 11.8 Å². The number of nitrogens with one attached hydrogen (secondary N) is 1. The van der Waals surface area contributed by atoms with Gasteiger partial charge in [0.15, 0.2) is 5.58 Å². The number of amides is 2. The minimum Gasteiger partial charge on any atom is -0.436 e. The quantitative estimate of drug-likeness (QED) is 0.329. The monoisotopic (exact) mass is 495 g/mol. The van der Waals surface area contributed by atoms with Crippen LogP contribution in [0.4, 0.5) is 5.69 Å². The van der Waals surface area contributed by atoms with Crippen molar-refractivity contribution in [3.05, 3.63) is 82.9 Å². The Morgan fingerprint density at radius 1 is 1.03 bits per heavy atom. The maximum Gasteiger partial charge on any atom is 0.253 e. The summed E-state index contributed by atoms with van der Waals surface area (Å²) in [6.45, 7) is 7.46. The molecule has 2 amide bonds. The lowest BCUT2D eigenvalue weighted by atomic mass is 9.92. The van der Waals surface area contributed by atoms with E-state index in [0.717, 1.165) is 41.6 Å². The zero-order valence-electron chi connectivity index (χ0n) is 21.7. The standard InChI is InChI=1S/C31H33N3O3/c1-4-23-7-5-6-21(3)29(23)33-28(35)18-22-14-16-34(17-15-22)31(36)25-12-13-27-26(19-25)32-30(37-27)24-10-8-20(2)9-11-24/h5-13,19,22H,4,14-18H2,1-3H3,(H,33,35). The van der Waals surface area contributed by atoms with Gasteiger partial charge >= 0.3 is 0 Å². The Kier molecular flexibility index (Phi) is 7.08. The second kappa shape index (κ2) is 10.6. The van der Waals surface area contributed by atoms with Crippen LogP contribution in [0.15, 0.2) is 65.1 Å². The number of aryl methyl sites for hydroxylation is 3. The number of likely N-dealkylation sites (tertiary alicyclic amines) is 1. The van der Waals surface area contributed by atoms with Gasteiger partial charge in [0.1, 0.15) is 5.52 Å². The van der Waals surface area contributed by atoms with Crippen molar-refractivity contribution in [1.82, 2.24) is 9.88 Å². The molecular formula is C31H33N3O3. The van der Waals surface area contributed by atoms with Crippen LogP contribution in [-0.4, -0.2) is 34.8 Å². The average Bonchev–Trinajstić information content (AvgIpc) is 3.34. The van der Waals surface area contributed by atoms with Gasteiger partial charge in [-0.05, 0) is 80.5 Å². The van der Waals surface area contributed by atoms with Crippen molar-refractivity contribution < 1.29 is 14.0 Å². The van der Waals surface area contributed by atoms with Gasteiger partial charge in [-0.1, -0.05) is 42.8 Å². The number of hydrogen-bond donors (Lipinski definition) is 1. The molecule has 0 radical (unpaired) electrons. The number of fused-ring (bicyclic) bond motifs is 1. The number of piperidine rings is 1. The van der Waals surface area contributed by atoms with E-state index >= 15 is 0 Å². The first-order valence-corrected chi connectivity index (χ1v) is 13.1. The third-order valence-electron chi connectivity index (χ3n) is 7.31. The number of aromatic nitrogens is 1. The van der Waals surface area contributed by atoms with Gasteiger partial charge in [-0.3, -0.25) is 9.59 Å². The van der Waals surface area contributed by atoms with E-state index in [4.69, 9.17) is 4.42 Å². The van der Waals surface area contributed by atoms with Crippen molar-refractivity contribution in [3.63, 3.8) is 0 Å². The van der Waals surface area contributed by atoms with Crippen LogP contribution in [0.5, 0.6) is 0 Å². The number of rotatable bonds is 6. The predicted octanol–water partition coefficient (Wildman–Crippen LogP) is 6.56. The van der Waals surface area contributed by atoms with Gasteiger partial charge in [-0.15, -0.1) is 0 Å². The lowest BCUT2D eigenvalue weighted by Gasteiger charge is -2.32. The van der Waals surface area contributed by atoms with Crippen LogP contribution in [-0.2, 0) is 11.2 Å². The van der Waals surface area contributed by atoms with Crippen LogP contribution in [0.2, 0.25) is 0 Å². The number of carbonyl (C=O) groups is 2. The Balaban J connectivity index is 1.19. The van der Waals surface area contributed by atoms with Gasteiger partial charge < -0.3 is 14.6 Å². The zero-order valence-corrected chi connectivity index (χ0v) is 21.7. The highest BCUT2D eigenvalue weighted by molar-refractivity contribution is 5.97. The third kappa shape index (κ3) is 5.43. The van der Waals surface area contributed by atoms with Crippen molar-refractivity contribution in [2.24, 2.45) is 5.92 Å². The summed E-state index contributed by atoms with van der Waals surface area (Å²) in [5, 5.41) is 3.14. The first-order valence-electron chi connectivity index (χ1n) is 13.1. The molecule has 2 heterocycles. The summed E-state index contributed by atoms with van der Waals surface area (Å²) >= 11 is 0. The van der Waals surface area contributed by atoms with Crippen LogP contribution in [0.3, 0.4) is 0 Å².